The van der Waals surface area contributed by atoms with E-state index in [1.54, 1.807) is 12.1 Å². The Kier molecular flexibility index (Phi) is 13.0. The van der Waals surface area contributed by atoms with Crippen LogP contribution in [0.4, 0.5) is 10.1 Å². The van der Waals surface area contributed by atoms with Crippen molar-refractivity contribution in [1.29, 1.82) is 0 Å². The van der Waals surface area contributed by atoms with Crippen molar-refractivity contribution in [2.24, 2.45) is 5.73 Å². The van der Waals surface area contributed by atoms with Crippen LogP contribution >= 0.6 is 12.4 Å². The number of halogens is 2. The van der Waals surface area contributed by atoms with Crippen LogP contribution in [0.3, 0.4) is 0 Å². The normalized spacial score (nSPS) is 20.5. The summed E-state index contributed by atoms with van der Waals surface area (Å²) < 4.78 is 14.5. The molecule has 2 aliphatic heterocycles. The second kappa shape index (κ2) is 15.9. The Labute approximate surface area is 242 Å². The van der Waals surface area contributed by atoms with Gasteiger partial charge in [0, 0.05) is 69.0 Å². The van der Waals surface area contributed by atoms with Crippen LogP contribution in [0, 0.1) is 12.7 Å². The Morgan fingerprint density at radius 2 is 1.51 bits per heavy atom. The van der Waals surface area contributed by atoms with Gasteiger partial charge in [0.2, 0.25) is 0 Å². The molecule has 2 aromatic rings. The smallest absolute Gasteiger partial charge is 0.127 e. The van der Waals surface area contributed by atoms with Crippen molar-refractivity contribution in [2.45, 2.75) is 64.0 Å². The molecule has 0 aromatic heterocycles. The third-order valence-corrected chi connectivity index (χ3v) is 8.75. The number of hydrogen-bond donors (Lipinski definition) is 1. The fourth-order valence-electron chi connectivity index (χ4n) is 6.29. The van der Waals surface area contributed by atoms with Crippen LogP contribution < -0.4 is 10.6 Å². The third-order valence-electron chi connectivity index (χ3n) is 8.75. The Balaban J connectivity index is 0.00000420. The van der Waals surface area contributed by atoms with E-state index in [4.69, 9.17) is 5.73 Å². The van der Waals surface area contributed by atoms with Crippen molar-refractivity contribution in [3.05, 3.63) is 65.0 Å². The SMILES string of the molecule is Cc1cccc(F)c1CN1C[C@H](c2ccc(N3CCN(CCCCCCCCN)CC3)cc2)[C@@H](N(C)C)C1.Cl. The first-order valence-electron chi connectivity index (χ1n) is 14.9. The zero-order chi connectivity index (χ0) is 26.9. The number of nitrogens with zero attached hydrogens (tertiary/aromatic N) is 4. The Hall–Kier alpha value is -1.70. The van der Waals surface area contributed by atoms with Gasteiger partial charge in [0.15, 0.2) is 0 Å². The molecule has 2 atom stereocenters. The average Bonchev–Trinajstić information content (AvgIpc) is 3.35. The van der Waals surface area contributed by atoms with E-state index in [1.807, 2.05) is 13.0 Å². The van der Waals surface area contributed by atoms with Crippen LogP contribution in [0.5, 0.6) is 0 Å². The van der Waals surface area contributed by atoms with E-state index >= 15 is 0 Å². The number of nitrogens with two attached hydrogens (primary N) is 1. The predicted octanol–water partition coefficient (Wildman–Crippen LogP) is 5.51. The van der Waals surface area contributed by atoms with Crippen molar-refractivity contribution < 1.29 is 4.39 Å². The number of anilines is 1. The highest BCUT2D eigenvalue weighted by molar-refractivity contribution is 5.85. The summed E-state index contributed by atoms with van der Waals surface area (Å²) in [5.74, 6) is 0.343. The summed E-state index contributed by atoms with van der Waals surface area (Å²) in [5.41, 5.74) is 10.2. The molecule has 7 heteroatoms. The van der Waals surface area contributed by atoms with E-state index in [9.17, 15) is 4.39 Å². The molecule has 2 saturated heterocycles. The Morgan fingerprint density at radius 1 is 0.846 bits per heavy atom. The molecule has 0 saturated carbocycles. The molecule has 2 heterocycles. The Morgan fingerprint density at radius 3 is 2.15 bits per heavy atom. The highest BCUT2D eigenvalue weighted by atomic mass is 35.5. The fraction of sp³-hybridized carbons (Fsp3) is 0.625. The summed E-state index contributed by atoms with van der Waals surface area (Å²) in [6.07, 6.45) is 7.81. The second-order valence-electron chi connectivity index (χ2n) is 11.7. The molecule has 218 valence electrons. The van der Waals surface area contributed by atoms with Crippen LogP contribution in [-0.4, -0.2) is 87.2 Å². The molecule has 4 rings (SSSR count). The number of likely N-dealkylation sites (tertiary alicyclic amines) is 1. The fourth-order valence-corrected chi connectivity index (χ4v) is 6.29. The maximum atomic E-state index is 14.5. The van der Waals surface area contributed by atoms with Gasteiger partial charge in [-0.25, -0.2) is 4.39 Å². The summed E-state index contributed by atoms with van der Waals surface area (Å²) in [5, 5.41) is 0. The van der Waals surface area contributed by atoms with Gasteiger partial charge in [0.05, 0.1) is 0 Å². The van der Waals surface area contributed by atoms with E-state index < -0.39 is 0 Å². The maximum Gasteiger partial charge on any atom is 0.127 e. The van der Waals surface area contributed by atoms with Gasteiger partial charge in [0.1, 0.15) is 5.82 Å². The van der Waals surface area contributed by atoms with E-state index in [0.717, 1.165) is 56.9 Å². The van der Waals surface area contributed by atoms with Crippen LogP contribution in [-0.2, 0) is 6.54 Å². The lowest BCUT2D eigenvalue weighted by molar-refractivity contribution is 0.252. The molecule has 39 heavy (non-hydrogen) atoms. The zero-order valence-corrected chi connectivity index (χ0v) is 25.3. The minimum absolute atomic E-state index is 0. The summed E-state index contributed by atoms with van der Waals surface area (Å²) in [6.45, 7) is 11.2. The van der Waals surface area contributed by atoms with Gasteiger partial charge in [-0.05, 0) is 76.3 Å². The summed E-state index contributed by atoms with van der Waals surface area (Å²) in [4.78, 5) is 9.94. The third kappa shape index (κ3) is 8.89. The van der Waals surface area contributed by atoms with E-state index in [0.29, 0.717) is 18.5 Å². The number of aryl methyl sites for hydroxylation is 1. The number of likely N-dealkylation sites (N-methyl/N-ethyl adjacent to an activating group) is 1. The van der Waals surface area contributed by atoms with Gasteiger partial charge in [-0.3, -0.25) is 9.80 Å². The van der Waals surface area contributed by atoms with E-state index in [2.05, 4.69) is 58.0 Å². The number of piperazine rings is 1. The summed E-state index contributed by atoms with van der Waals surface area (Å²) in [7, 11) is 4.34. The van der Waals surface area contributed by atoms with Gasteiger partial charge < -0.3 is 15.5 Å². The molecule has 0 radical (unpaired) electrons. The highest BCUT2D eigenvalue weighted by Gasteiger charge is 2.35. The Bertz CT molecular complexity index is 957. The largest absolute Gasteiger partial charge is 0.369 e. The molecule has 0 spiro atoms. The lowest BCUT2D eigenvalue weighted by Crippen LogP contribution is -2.46. The average molecular weight is 560 g/mol. The molecule has 2 N–H and O–H groups in total. The predicted molar refractivity (Wildman–Crippen MR) is 166 cm³/mol. The lowest BCUT2D eigenvalue weighted by atomic mass is 9.93. The minimum atomic E-state index is -0.0855. The minimum Gasteiger partial charge on any atom is -0.369 e. The first-order valence-corrected chi connectivity index (χ1v) is 14.9. The molecular weight excluding hydrogens is 509 g/mol. The summed E-state index contributed by atoms with van der Waals surface area (Å²) in [6, 6.07) is 15.2. The molecule has 0 unspecified atom stereocenters. The number of hydrogen-bond acceptors (Lipinski definition) is 5. The molecule has 0 aliphatic carbocycles. The highest BCUT2D eigenvalue weighted by Crippen LogP contribution is 2.33. The number of unbranched alkanes of at least 4 members (excludes halogenated alkanes) is 5. The van der Waals surface area contributed by atoms with Crippen LogP contribution in [0.15, 0.2) is 42.5 Å². The molecule has 0 bridgehead atoms. The lowest BCUT2D eigenvalue weighted by Gasteiger charge is -2.36. The zero-order valence-electron chi connectivity index (χ0n) is 24.5. The first-order chi connectivity index (χ1) is 18.5. The van der Waals surface area contributed by atoms with E-state index in [-0.39, 0.29) is 18.2 Å². The van der Waals surface area contributed by atoms with Crippen LogP contribution in [0.25, 0.3) is 0 Å². The van der Waals surface area contributed by atoms with Crippen molar-refractivity contribution >= 4 is 18.1 Å². The molecule has 2 aromatic carbocycles. The maximum absolute atomic E-state index is 14.5. The van der Waals surface area contributed by atoms with Crippen LogP contribution in [0.2, 0.25) is 0 Å². The van der Waals surface area contributed by atoms with Gasteiger partial charge >= 0.3 is 0 Å². The van der Waals surface area contributed by atoms with E-state index in [1.165, 1.54) is 56.3 Å². The topological polar surface area (TPSA) is 39.0 Å². The monoisotopic (exact) mass is 559 g/mol. The van der Waals surface area contributed by atoms with Crippen molar-refractivity contribution in [3.8, 4) is 0 Å². The van der Waals surface area contributed by atoms with Gasteiger partial charge in [-0.2, -0.15) is 0 Å². The van der Waals surface area contributed by atoms with Crippen LogP contribution in [0.1, 0.15) is 61.1 Å². The van der Waals surface area contributed by atoms with Gasteiger partial charge in [0.25, 0.3) is 0 Å². The first kappa shape index (κ1) is 31.8. The number of benzene rings is 2. The quantitative estimate of drug-likeness (QED) is 0.328. The van der Waals surface area contributed by atoms with Gasteiger partial charge in [-0.15, -0.1) is 12.4 Å². The summed E-state index contributed by atoms with van der Waals surface area (Å²) >= 11 is 0. The second-order valence-corrected chi connectivity index (χ2v) is 11.7. The molecule has 2 aliphatic rings. The molecule has 2 fully saturated rings. The molecule has 5 nitrogen and oxygen atoms in total. The standard InChI is InChI=1S/C32H50FN5.ClH/c1-26-11-10-12-31(33)29(26)23-37-24-30(32(25-37)35(2)3)27-13-15-28(16-14-27)38-21-19-36(20-22-38)18-9-7-5-4-6-8-17-34;/h10-16,30,32H,4-9,17-25,34H2,1-3H3;1H/t30-,32+;/m1./s1. The number of rotatable bonds is 13. The van der Waals surface area contributed by atoms with Crippen molar-refractivity contribution in [3.63, 3.8) is 0 Å². The van der Waals surface area contributed by atoms with Crippen molar-refractivity contribution in [1.82, 2.24) is 14.7 Å². The van der Waals surface area contributed by atoms with Gasteiger partial charge in [-0.1, -0.05) is 49.9 Å². The molecule has 0 amide bonds. The van der Waals surface area contributed by atoms with Crippen molar-refractivity contribution in [2.75, 3.05) is 71.4 Å². The molecular formula is C32H51ClFN5.